The van der Waals surface area contributed by atoms with Gasteiger partial charge in [0.05, 0.1) is 11.7 Å². The monoisotopic (exact) mass is 554 g/mol. The van der Waals surface area contributed by atoms with Crippen LogP contribution in [0.25, 0.3) is 22.4 Å². The van der Waals surface area contributed by atoms with Gasteiger partial charge < -0.3 is 14.6 Å². The minimum absolute atomic E-state index is 0. The maximum absolute atomic E-state index is 12.7. The van der Waals surface area contributed by atoms with Crippen molar-refractivity contribution < 1.29 is 49.0 Å². The van der Waals surface area contributed by atoms with Gasteiger partial charge in [-0.1, -0.05) is 78.3 Å². The molecule has 0 radical (unpaired) electrons. The number of halogens is 1. The number of benzene rings is 3. The first-order valence-corrected chi connectivity index (χ1v) is 13.0. The summed E-state index contributed by atoms with van der Waals surface area (Å²) in [5.41, 5.74) is 4.80. The van der Waals surface area contributed by atoms with Gasteiger partial charge in [0.1, 0.15) is 11.8 Å². The molecule has 38 heavy (non-hydrogen) atoms. The van der Waals surface area contributed by atoms with Gasteiger partial charge in [-0.05, 0) is 61.0 Å². The van der Waals surface area contributed by atoms with E-state index in [9.17, 15) is 14.7 Å². The Morgan fingerprint density at radius 2 is 1.58 bits per heavy atom. The third-order valence-corrected chi connectivity index (χ3v) is 7.88. The molecule has 1 atom stereocenters. The van der Waals surface area contributed by atoms with Gasteiger partial charge in [0, 0.05) is 26.4 Å². The molecule has 4 aromatic rings. The molecule has 1 aromatic heterocycles. The number of aliphatic carboxylic acids is 1. The Labute approximate surface area is 252 Å². The molecule has 0 bridgehead atoms. The summed E-state index contributed by atoms with van der Waals surface area (Å²) < 4.78 is 10.1. The second kappa shape index (κ2) is 11.6. The quantitative estimate of drug-likeness (QED) is 0.353. The first kappa shape index (κ1) is 28.3. The van der Waals surface area contributed by atoms with Crippen LogP contribution in [0.1, 0.15) is 41.9 Å². The van der Waals surface area contributed by atoms with Gasteiger partial charge in [0.2, 0.25) is 0 Å². The molecule has 3 aromatic carbocycles. The Kier molecular flexibility index (Phi) is 8.65. The third kappa shape index (κ3) is 5.67. The molecule has 1 saturated carbocycles. The fraction of sp³-hybridized carbons (Fsp3) is 0.207. The summed E-state index contributed by atoms with van der Waals surface area (Å²) in [7, 11) is 0. The summed E-state index contributed by atoms with van der Waals surface area (Å²) in [6.45, 7) is 3.66. The zero-order valence-corrected chi connectivity index (χ0v) is 24.9. The molecule has 1 heterocycles. The number of carboxylic acid groups (broad SMARTS) is 1. The Hall–Kier alpha value is -2.68. The van der Waals surface area contributed by atoms with Gasteiger partial charge in [-0.25, -0.2) is 4.79 Å². The van der Waals surface area contributed by atoms with Crippen molar-refractivity contribution in [2.75, 3.05) is 5.32 Å². The van der Waals surface area contributed by atoms with E-state index in [4.69, 9.17) is 16.3 Å². The van der Waals surface area contributed by atoms with Crippen LogP contribution in [0.4, 0.5) is 10.5 Å². The molecule has 1 N–H and O–H groups in total. The molecule has 6 nitrogen and oxygen atoms in total. The molecular formula is C29H24ClN2NaO4S. The third-order valence-electron chi connectivity index (χ3n) is 6.79. The number of aromatic nitrogens is 1. The van der Waals surface area contributed by atoms with E-state index >= 15 is 0 Å². The van der Waals surface area contributed by atoms with E-state index < -0.39 is 23.6 Å². The van der Waals surface area contributed by atoms with Gasteiger partial charge in [-0.2, -0.15) is 4.37 Å². The predicted molar refractivity (Wildman–Crippen MR) is 144 cm³/mol. The van der Waals surface area contributed by atoms with Crippen LogP contribution < -0.4 is 40.0 Å². The Balaban J connectivity index is 0.00000336. The number of rotatable bonds is 7. The number of anilines is 1. The summed E-state index contributed by atoms with van der Waals surface area (Å²) in [5, 5.41) is 14.9. The fourth-order valence-corrected chi connectivity index (χ4v) is 5.37. The van der Waals surface area contributed by atoms with Crippen molar-refractivity contribution in [1.82, 2.24) is 4.37 Å². The molecular weight excluding hydrogens is 531 g/mol. The van der Waals surface area contributed by atoms with Crippen LogP contribution in [0.2, 0.25) is 5.02 Å². The normalized spacial score (nSPS) is 14.2. The number of hydrogen-bond donors (Lipinski definition) is 1. The van der Waals surface area contributed by atoms with Gasteiger partial charge in [0.25, 0.3) is 0 Å². The van der Waals surface area contributed by atoms with E-state index in [0.717, 1.165) is 32.7 Å². The number of carbonyl (C=O) groups is 2. The molecule has 1 aliphatic carbocycles. The number of carboxylic acids is 1. The van der Waals surface area contributed by atoms with Crippen molar-refractivity contribution in [3.63, 3.8) is 0 Å². The second-order valence-electron chi connectivity index (χ2n) is 9.18. The number of aryl methyl sites for hydroxylation is 1. The number of nitrogens with zero attached hydrogens (tertiary/aromatic N) is 1. The minimum atomic E-state index is -1.00. The van der Waals surface area contributed by atoms with E-state index in [1.807, 2.05) is 73.7 Å². The van der Waals surface area contributed by atoms with Crippen LogP contribution in [-0.4, -0.2) is 16.4 Å². The topological polar surface area (TPSA) is 91.4 Å². The zero-order chi connectivity index (χ0) is 26.2. The first-order chi connectivity index (χ1) is 17.8. The first-order valence-electron chi connectivity index (χ1n) is 11.9. The number of amides is 1. The van der Waals surface area contributed by atoms with E-state index in [2.05, 4.69) is 9.69 Å². The van der Waals surface area contributed by atoms with Crippen molar-refractivity contribution in [3.8, 4) is 22.4 Å². The smallest absolute Gasteiger partial charge is 0.549 e. The Morgan fingerprint density at radius 3 is 2.16 bits per heavy atom. The molecule has 188 valence electrons. The second-order valence-corrected chi connectivity index (χ2v) is 10.6. The van der Waals surface area contributed by atoms with Crippen LogP contribution in [0.3, 0.4) is 0 Å². The Morgan fingerprint density at radius 1 is 1.00 bits per heavy atom. The summed E-state index contributed by atoms with van der Waals surface area (Å²) >= 11 is 7.53. The summed E-state index contributed by atoms with van der Waals surface area (Å²) in [6.07, 6.45) is 0.147. The molecule has 1 fully saturated rings. The van der Waals surface area contributed by atoms with Gasteiger partial charge in [-0.15, -0.1) is 0 Å². The zero-order valence-electron chi connectivity index (χ0n) is 21.3. The summed E-state index contributed by atoms with van der Waals surface area (Å²) in [5.74, 6) is -1.00. The fourth-order valence-electron chi connectivity index (χ4n) is 4.41. The van der Waals surface area contributed by atoms with Crippen molar-refractivity contribution in [1.29, 1.82) is 0 Å². The maximum atomic E-state index is 12.7. The van der Waals surface area contributed by atoms with Crippen molar-refractivity contribution >= 4 is 40.9 Å². The van der Waals surface area contributed by atoms with E-state index in [0.29, 0.717) is 29.2 Å². The van der Waals surface area contributed by atoms with Crippen LogP contribution in [0.5, 0.6) is 0 Å². The van der Waals surface area contributed by atoms with E-state index in [1.54, 1.807) is 13.0 Å². The average Bonchev–Trinajstić information content (AvgIpc) is 3.64. The van der Waals surface area contributed by atoms with E-state index in [-0.39, 0.29) is 29.6 Å². The predicted octanol–water partition coefficient (Wildman–Crippen LogP) is 3.53. The Bertz CT molecular complexity index is 1470. The molecule has 0 aliphatic heterocycles. The summed E-state index contributed by atoms with van der Waals surface area (Å²) in [4.78, 5) is 25.0. The minimum Gasteiger partial charge on any atom is -0.549 e. The van der Waals surface area contributed by atoms with Crippen LogP contribution in [0.15, 0.2) is 72.8 Å². The van der Waals surface area contributed by atoms with Crippen molar-refractivity contribution in [2.24, 2.45) is 0 Å². The number of nitrogens with one attached hydrogen (secondary N) is 1. The van der Waals surface area contributed by atoms with Crippen LogP contribution >= 0.6 is 23.1 Å². The molecule has 9 heteroatoms. The van der Waals surface area contributed by atoms with Crippen molar-refractivity contribution in [2.45, 2.75) is 38.2 Å². The largest absolute Gasteiger partial charge is 1.00 e. The average molecular weight is 555 g/mol. The molecule has 1 amide bonds. The summed E-state index contributed by atoms with van der Waals surface area (Å²) in [6, 6.07) is 22.7. The van der Waals surface area contributed by atoms with Crippen LogP contribution in [-0.2, 0) is 14.9 Å². The van der Waals surface area contributed by atoms with Crippen LogP contribution in [0, 0.1) is 6.92 Å². The molecule has 0 unspecified atom stereocenters. The number of hydrogen-bond acceptors (Lipinski definition) is 6. The molecule has 5 rings (SSSR count). The van der Waals surface area contributed by atoms with Gasteiger partial charge in [-0.3, -0.25) is 5.32 Å². The molecule has 0 saturated heterocycles. The van der Waals surface area contributed by atoms with Crippen molar-refractivity contribution in [3.05, 3.63) is 93.8 Å². The van der Waals surface area contributed by atoms with Gasteiger partial charge >= 0.3 is 35.7 Å². The SMILES string of the molecule is Cc1snc(-c2ccc(-c3ccc(C4(C(=O)[O-])CC4)cc3)cc2)c1NC(=O)O[C@H](C)c1ccccc1Cl.[Na+]. The van der Waals surface area contributed by atoms with Gasteiger partial charge in [0.15, 0.2) is 0 Å². The molecule has 0 spiro atoms. The number of ether oxygens (including phenoxy) is 1. The number of carbonyl (C=O) groups excluding carboxylic acids is 2. The molecule has 1 aliphatic rings. The standard InChI is InChI=1S/C29H25ClN2O4S.Na/c1-17(23-5-3-4-6-24(23)30)36-28(35)31-25-18(2)37-32-26(25)21-9-7-19(8-10-21)20-11-13-22(14-12-20)29(15-16-29)27(33)34;/h3-14,17H,15-16H2,1-2H3,(H,31,35)(H,33,34);/q;+1/p-1/t17-;/m1./s1. The maximum Gasteiger partial charge on any atom is 1.00 e. The van der Waals surface area contributed by atoms with E-state index in [1.165, 1.54) is 11.5 Å².